The molecule has 1 saturated heterocycles. The Kier molecular flexibility index (Phi) is 4.78. The van der Waals surface area contributed by atoms with Crippen LogP contribution in [0.4, 0.5) is 0 Å². The molecule has 0 saturated carbocycles. The summed E-state index contributed by atoms with van der Waals surface area (Å²) in [6, 6.07) is 0.405. The van der Waals surface area contributed by atoms with Crippen LogP contribution in [0.5, 0.6) is 0 Å². The van der Waals surface area contributed by atoms with Gasteiger partial charge in [0.15, 0.2) is 4.96 Å². The van der Waals surface area contributed by atoms with Gasteiger partial charge in [-0.3, -0.25) is 14.1 Å². The number of amides is 1. The second kappa shape index (κ2) is 6.79. The zero-order valence-corrected chi connectivity index (χ0v) is 14.1. The van der Waals surface area contributed by atoms with E-state index in [0.29, 0.717) is 12.5 Å². The van der Waals surface area contributed by atoms with Crippen molar-refractivity contribution in [3.8, 4) is 0 Å². The molecule has 2 aromatic rings. The predicted molar refractivity (Wildman–Crippen MR) is 89.2 cm³/mol. The summed E-state index contributed by atoms with van der Waals surface area (Å²) in [6.07, 6.45) is 6.79. The number of rotatable bonds is 5. The molecule has 120 valence electrons. The third-order valence-electron chi connectivity index (χ3n) is 4.52. The zero-order valence-electron chi connectivity index (χ0n) is 13.3. The van der Waals surface area contributed by atoms with Gasteiger partial charge < -0.3 is 5.32 Å². The number of likely N-dealkylation sites (tertiary alicyclic amines) is 1. The Morgan fingerprint density at radius 2 is 2.27 bits per heavy atom. The van der Waals surface area contributed by atoms with Crippen molar-refractivity contribution in [2.75, 3.05) is 19.6 Å². The molecule has 1 N–H and O–H groups in total. The maximum atomic E-state index is 12.1. The zero-order chi connectivity index (χ0) is 15.5. The second-order valence-corrected chi connectivity index (χ2v) is 7.25. The van der Waals surface area contributed by atoms with Crippen molar-refractivity contribution in [3.05, 3.63) is 23.5 Å². The molecule has 3 rings (SSSR count). The van der Waals surface area contributed by atoms with Crippen molar-refractivity contribution in [2.24, 2.45) is 5.92 Å². The lowest BCUT2D eigenvalue weighted by Gasteiger charge is -2.35. The van der Waals surface area contributed by atoms with Gasteiger partial charge in [0, 0.05) is 30.4 Å². The number of piperidine rings is 1. The third kappa shape index (κ3) is 3.67. The van der Waals surface area contributed by atoms with Gasteiger partial charge in [0.05, 0.1) is 12.1 Å². The molecule has 0 aromatic carbocycles. The number of thiazole rings is 1. The van der Waals surface area contributed by atoms with Crippen LogP contribution in [0.15, 0.2) is 17.8 Å². The highest BCUT2D eigenvalue weighted by Crippen LogP contribution is 2.17. The number of carbonyl (C=O) groups is 1. The largest absolute Gasteiger partial charge is 0.354 e. The Hall–Kier alpha value is -1.40. The van der Waals surface area contributed by atoms with E-state index in [0.717, 1.165) is 36.2 Å². The van der Waals surface area contributed by atoms with Gasteiger partial charge in [-0.25, -0.2) is 4.98 Å². The molecule has 1 amide bonds. The number of hydrogen-bond acceptors (Lipinski definition) is 4. The molecule has 1 atom stereocenters. The van der Waals surface area contributed by atoms with Gasteiger partial charge in [-0.2, -0.15) is 0 Å². The molecule has 6 heteroatoms. The molecule has 3 heterocycles. The van der Waals surface area contributed by atoms with E-state index in [2.05, 4.69) is 29.0 Å². The minimum Gasteiger partial charge on any atom is -0.354 e. The number of imidazole rings is 1. The first kappa shape index (κ1) is 15.5. The van der Waals surface area contributed by atoms with Crippen LogP contribution in [0.25, 0.3) is 4.96 Å². The fourth-order valence-electron chi connectivity index (χ4n) is 2.95. The Morgan fingerprint density at radius 1 is 1.50 bits per heavy atom. The van der Waals surface area contributed by atoms with Gasteiger partial charge in [-0.15, -0.1) is 11.3 Å². The predicted octanol–water partition coefficient (Wildman–Crippen LogP) is 2.17. The summed E-state index contributed by atoms with van der Waals surface area (Å²) >= 11 is 1.59. The lowest BCUT2D eigenvalue weighted by atomic mass is 9.98. The number of nitrogens with one attached hydrogen (secondary N) is 1. The van der Waals surface area contributed by atoms with Crippen LogP contribution in [0, 0.1) is 5.92 Å². The Bertz CT molecular complexity index is 598. The van der Waals surface area contributed by atoms with Gasteiger partial charge in [-0.1, -0.05) is 6.92 Å². The van der Waals surface area contributed by atoms with Crippen LogP contribution in [-0.4, -0.2) is 45.9 Å². The van der Waals surface area contributed by atoms with Crippen LogP contribution < -0.4 is 5.32 Å². The van der Waals surface area contributed by atoms with Crippen LogP contribution >= 0.6 is 11.3 Å². The van der Waals surface area contributed by atoms with Gasteiger partial charge in [0.2, 0.25) is 5.91 Å². The van der Waals surface area contributed by atoms with Crippen LogP contribution in [0.2, 0.25) is 0 Å². The highest BCUT2D eigenvalue weighted by atomic mass is 32.1. The summed E-state index contributed by atoms with van der Waals surface area (Å²) in [5.41, 5.74) is 0.837. The van der Waals surface area contributed by atoms with Crippen LogP contribution in [0.3, 0.4) is 0 Å². The van der Waals surface area contributed by atoms with E-state index >= 15 is 0 Å². The number of carbonyl (C=O) groups excluding carboxylic acids is 1. The molecule has 0 aliphatic carbocycles. The average Bonchev–Trinajstić information content (AvgIpc) is 3.06. The standard InChI is InChI=1S/C16H24N4OS/c1-12-3-5-19(6-4-12)13(2)10-17-15(21)9-14-11-20-7-8-22-16(20)18-14/h7-8,11-13H,3-6,9-10H2,1-2H3,(H,17,21). The van der Waals surface area contributed by atoms with Gasteiger partial charge >= 0.3 is 0 Å². The molecule has 1 unspecified atom stereocenters. The second-order valence-electron chi connectivity index (χ2n) is 6.37. The molecule has 1 fully saturated rings. The number of nitrogens with zero attached hydrogens (tertiary/aromatic N) is 3. The van der Waals surface area contributed by atoms with Crippen molar-refractivity contribution in [3.63, 3.8) is 0 Å². The molecular formula is C16H24N4OS. The van der Waals surface area contributed by atoms with Crippen molar-refractivity contribution in [1.29, 1.82) is 0 Å². The lowest BCUT2D eigenvalue weighted by molar-refractivity contribution is -0.120. The quantitative estimate of drug-likeness (QED) is 0.918. The molecule has 0 spiro atoms. The molecule has 0 radical (unpaired) electrons. The van der Waals surface area contributed by atoms with Crippen molar-refractivity contribution in [1.82, 2.24) is 19.6 Å². The van der Waals surface area contributed by atoms with Crippen LogP contribution in [0.1, 0.15) is 32.4 Å². The summed E-state index contributed by atoms with van der Waals surface area (Å²) in [5, 5.41) is 5.04. The Balaban J connectivity index is 1.44. The van der Waals surface area contributed by atoms with E-state index in [4.69, 9.17) is 0 Å². The van der Waals surface area contributed by atoms with Crippen molar-refractivity contribution < 1.29 is 4.79 Å². The normalized spacial score (nSPS) is 18.6. The van der Waals surface area contributed by atoms with Crippen molar-refractivity contribution >= 4 is 22.2 Å². The number of hydrogen-bond donors (Lipinski definition) is 1. The summed E-state index contributed by atoms with van der Waals surface area (Å²) in [6.45, 7) is 7.53. The summed E-state index contributed by atoms with van der Waals surface area (Å²) < 4.78 is 1.96. The van der Waals surface area contributed by atoms with E-state index in [-0.39, 0.29) is 5.91 Å². The van der Waals surface area contributed by atoms with Gasteiger partial charge in [0.25, 0.3) is 0 Å². The van der Waals surface area contributed by atoms with E-state index in [1.807, 2.05) is 22.2 Å². The summed E-state index contributed by atoms with van der Waals surface area (Å²) in [4.78, 5) is 19.9. The number of fused-ring (bicyclic) bond motifs is 1. The Labute approximate surface area is 135 Å². The first-order chi connectivity index (χ1) is 10.6. The fraction of sp³-hybridized carbons (Fsp3) is 0.625. The summed E-state index contributed by atoms with van der Waals surface area (Å²) in [7, 11) is 0. The fourth-order valence-corrected chi connectivity index (χ4v) is 3.67. The maximum Gasteiger partial charge on any atom is 0.226 e. The Morgan fingerprint density at radius 3 is 3.00 bits per heavy atom. The topological polar surface area (TPSA) is 49.6 Å². The molecular weight excluding hydrogens is 296 g/mol. The third-order valence-corrected chi connectivity index (χ3v) is 5.29. The molecule has 0 bridgehead atoms. The SMILES string of the molecule is CC1CCN(C(C)CNC(=O)Cc2cn3ccsc3n2)CC1. The number of aromatic nitrogens is 2. The first-order valence-electron chi connectivity index (χ1n) is 8.03. The molecule has 1 aliphatic rings. The monoisotopic (exact) mass is 320 g/mol. The summed E-state index contributed by atoms with van der Waals surface area (Å²) in [5.74, 6) is 0.899. The highest BCUT2D eigenvalue weighted by Gasteiger charge is 2.20. The smallest absolute Gasteiger partial charge is 0.226 e. The van der Waals surface area contributed by atoms with E-state index in [1.165, 1.54) is 12.8 Å². The van der Waals surface area contributed by atoms with E-state index in [9.17, 15) is 4.79 Å². The molecule has 22 heavy (non-hydrogen) atoms. The minimum absolute atomic E-state index is 0.0583. The van der Waals surface area contributed by atoms with E-state index < -0.39 is 0 Å². The minimum atomic E-state index is 0.0583. The molecule has 1 aliphatic heterocycles. The van der Waals surface area contributed by atoms with Crippen LogP contribution in [-0.2, 0) is 11.2 Å². The van der Waals surface area contributed by atoms with Gasteiger partial charge in [-0.05, 0) is 38.8 Å². The lowest BCUT2D eigenvalue weighted by Crippen LogP contribution is -2.45. The average molecular weight is 320 g/mol. The van der Waals surface area contributed by atoms with Crippen molar-refractivity contribution in [2.45, 2.75) is 39.2 Å². The molecule has 5 nitrogen and oxygen atoms in total. The highest BCUT2D eigenvalue weighted by molar-refractivity contribution is 7.15. The van der Waals surface area contributed by atoms with Gasteiger partial charge in [0.1, 0.15) is 0 Å². The molecule has 2 aromatic heterocycles. The maximum absolute atomic E-state index is 12.1. The first-order valence-corrected chi connectivity index (χ1v) is 8.91. The van der Waals surface area contributed by atoms with E-state index in [1.54, 1.807) is 11.3 Å².